The van der Waals surface area contributed by atoms with Crippen LogP contribution in [-0.4, -0.2) is 45.7 Å². The van der Waals surface area contributed by atoms with Gasteiger partial charge in [-0.1, -0.05) is 23.4 Å². The molecule has 0 bridgehead atoms. The summed E-state index contributed by atoms with van der Waals surface area (Å²) < 4.78 is 12.2. The van der Waals surface area contributed by atoms with Crippen LogP contribution in [0.25, 0.3) is 0 Å². The number of halogens is 1. The highest BCUT2D eigenvalue weighted by atomic mass is 35.5. The van der Waals surface area contributed by atoms with E-state index in [-0.39, 0.29) is 17.7 Å². The van der Waals surface area contributed by atoms with Crippen LogP contribution in [0.4, 0.5) is 5.69 Å². The van der Waals surface area contributed by atoms with Gasteiger partial charge in [0.2, 0.25) is 5.91 Å². The maximum atomic E-state index is 12.5. The van der Waals surface area contributed by atoms with Crippen LogP contribution in [0.5, 0.6) is 5.75 Å². The van der Waals surface area contributed by atoms with Crippen molar-refractivity contribution in [3.05, 3.63) is 33.7 Å². The summed E-state index contributed by atoms with van der Waals surface area (Å²) in [4.78, 5) is 24.5. The lowest BCUT2D eigenvalue weighted by Crippen LogP contribution is -2.26. The number of thioether (sulfide) groups is 1. The molecule has 2 heterocycles. The Hall–Kier alpha value is -1.97. The van der Waals surface area contributed by atoms with Crippen LogP contribution in [0, 0.1) is 0 Å². The van der Waals surface area contributed by atoms with Crippen LogP contribution in [0.1, 0.15) is 19.8 Å². The molecule has 1 amide bonds. The molecule has 0 unspecified atom stereocenters. The monoisotopic (exact) mass is 412 g/mol. The Morgan fingerprint density at radius 1 is 1.59 bits per heavy atom. The second-order valence-electron chi connectivity index (χ2n) is 6.16. The zero-order valence-corrected chi connectivity index (χ0v) is 16.6. The molecule has 1 saturated heterocycles. The Bertz CT molecular complexity index is 863. The number of benzene rings is 1. The molecule has 10 heteroatoms. The predicted molar refractivity (Wildman–Crippen MR) is 104 cm³/mol. The highest BCUT2D eigenvalue weighted by molar-refractivity contribution is 8.00. The van der Waals surface area contributed by atoms with E-state index >= 15 is 0 Å². The zero-order valence-electron chi connectivity index (χ0n) is 15.0. The molecule has 2 aromatic rings. The van der Waals surface area contributed by atoms with Crippen LogP contribution in [-0.2, 0) is 16.1 Å². The number of hydrogen-bond donors (Lipinski definition) is 2. The van der Waals surface area contributed by atoms with Crippen molar-refractivity contribution in [1.82, 2.24) is 14.8 Å². The lowest BCUT2D eigenvalue weighted by atomic mass is 10.2. The molecule has 3 rings (SSSR count). The minimum Gasteiger partial charge on any atom is -0.495 e. The number of carbonyl (C=O) groups is 1. The first kappa shape index (κ1) is 19.8. The van der Waals surface area contributed by atoms with Crippen LogP contribution < -0.4 is 15.7 Å². The summed E-state index contributed by atoms with van der Waals surface area (Å²) in [5.74, 6) is 0.312. The number of aromatic nitrogens is 3. The number of H-pyrrole nitrogens is 1. The van der Waals surface area contributed by atoms with Gasteiger partial charge >= 0.3 is 5.69 Å². The number of rotatable bonds is 7. The first-order valence-electron chi connectivity index (χ1n) is 8.56. The fraction of sp³-hybridized carbons (Fsp3) is 0.471. The van der Waals surface area contributed by atoms with Crippen molar-refractivity contribution in [3.63, 3.8) is 0 Å². The number of ether oxygens (including phenoxy) is 2. The second kappa shape index (κ2) is 8.81. The zero-order chi connectivity index (χ0) is 19.4. The smallest absolute Gasteiger partial charge is 0.344 e. The molecule has 2 N–H and O–H groups in total. The summed E-state index contributed by atoms with van der Waals surface area (Å²) in [6.45, 7) is 2.89. The fourth-order valence-corrected chi connectivity index (χ4v) is 3.87. The Labute approximate surface area is 165 Å². The molecular weight excluding hydrogens is 392 g/mol. The van der Waals surface area contributed by atoms with E-state index in [2.05, 4.69) is 15.5 Å². The molecule has 27 heavy (non-hydrogen) atoms. The molecule has 8 nitrogen and oxygen atoms in total. The van der Waals surface area contributed by atoms with E-state index in [0.29, 0.717) is 34.8 Å². The highest BCUT2D eigenvalue weighted by Gasteiger charge is 2.23. The van der Waals surface area contributed by atoms with Gasteiger partial charge in [0.05, 0.1) is 30.0 Å². The van der Waals surface area contributed by atoms with Crippen molar-refractivity contribution in [2.24, 2.45) is 0 Å². The van der Waals surface area contributed by atoms with Gasteiger partial charge in [0.25, 0.3) is 0 Å². The van der Waals surface area contributed by atoms with E-state index in [4.69, 9.17) is 21.1 Å². The highest BCUT2D eigenvalue weighted by Crippen LogP contribution is 2.28. The lowest BCUT2D eigenvalue weighted by Gasteiger charge is -2.14. The number of anilines is 1. The number of nitrogens with one attached hydrogen (secondary N) is 2. The number of nitrogens with zero attached hydrogens (tertiary/aromatic N) is 2. The van der Waals surface area contributed by atoms with E-state index in [0.717, 1.165) is 12.8 Å². The van der Waals surface area contributed by atoms with Crippen molar-refractivity contribution in [3.8, 4) is 5.75 Å². The quantitative estimate of drug-likeness (QED) is 0.678. The van der Waals surface area contributed by atoms with E-state index < -0.39 is 5.25 Å². The molecule has 2 atom stereocenters. The molecule has 1 fully saturated rings. The van der Waals surface area contributed by atoms with E-state index in [1.807, 2.05) is 0 Å². The minimum atomic E-state index is -0.468. The first-order chi connectivity index (χ1) is 13.0. The molecule has 0 aliphatic carbocycles. The van der Waals surface area contributed by atoms with Crippen molar-refractivity contribution in [2.75, 3.05) is 19.0 Å². The maximum Gasteiger partial charge on any atom is 0.344 e. The number of hydrogen-bond acceptors (Lipinski definition) is 6. The summed E-state index contributed by atoms with van der Waals surface area (Å²) in [6.07, 6.45) is 1.91. The van der Waals surface area contributed by atoms with Gasteiger partial charge in [-0.3, -0.25) is 9.36 Å². The molecule has 1 aromatic heterocycles. The van der Waals surface area contributed by atoms with Crippen LogP contribution in [0.2, 0.25) is 5.02 Å². The minimum absolute atomic E-state index is 0.00484. The van der Waals surface area contributed by atoms with Crippen molar-refractivity contribution >= 4 is 35.0 Å². The van der Waals surface area contributed by atoms with Gasteiger partial charge in [0, 0.05) is 12.3 Å². The lowest BCUT2D eigenvalue weighted by molar-refractivity contribution is -0.115. The summed E-state index contributed by atoms with van der Waals surface area (Å²) in [5.41, 5.74) is 0.263. The Morgan fingerprint density at radius 2 is 2.41 bits per heavy atom. The molecule has 0 radical (unpaired) electrons. The third kappa shape index (κ3) is 4.85. The number of carbonyl (C=O) groups excluding carboxylic acids is 1. The van der Waals surface area contributed by atoms with E-state index in [9.17, 15) is 9.59 Å². The fourth-order valence-electron chi connectivity index (χ4n) is 2.75. The predicted octanol–water partition coefficient (Wildman–Crippen LogP) is 2.53. The molecule has 146 valence electrons. The average Bonchev–Trinajstić information content (AvgIpc) is 3.27. The first-order valence-corrected chi connectivity index (χ1v) is 9.81. The SMILES string of the molecule is COc1ccc(NC(=O)[C@H](C)Sc2n[nH]c(=O)n2C[C@H]2CCCO2)cc1Cl. The molecule has 1 aromatic carbocycles. The van der Waals surface area contributed by atoms with Gasteiger partial charge in [0.1, 0.15) is 5.75 Å². The summed E-state index contributed by atoms with van der Waals surface area (Å²) in [6, 6.07) is 5.02. The van der Waals surface area contributed by atoms with Crippen molar-refractivity contribution < 1.29 is 14.3 Å². The van der Waals surface area contributed by atoms with E-state index in [1.165, 1.54) is 23.4 Å². The topological polar surface area (TPSA) is 98.2 Å². The molecule has 1 aliphatic heterocycles. The third-order valence-corrected chi connectivity index (χ3v) is 5.59. The second-order valence-corrected chi connectivity index (χ2v) is 7.87. The Balaban J connectivity index is 1.64. The van der Waals surface area contributed by atoms with Crippen molar-refractivity contribution in [2.45, 2.75) is 42.8 Å². The number of methoxy groups -OCH3 is 1. The molecule has 0 spiro atoms. The van der Waals surface area contributed by atoms with Gasteiger partial charge in [-0.2, -0.15) is 0 Å². The molecule has 1 aliphatic rings. The van der Waals surface area contributed by atoms with E-state index in [1.54, 1.807) is 25.1 Å². The van der Waals surface area contributed by atoms with Gasteiger partial charge in [-0.25, -0.2) is 9.89 Å². The summed E-state index contributed by atoms with van der Waals surface area (Å²) >= 11 is 7.29. The van der Waals surface area contributed by atoms with Crippen LogP contribution >= 0.6 is 23.4 Å². The number of aromatic amines is 1. The standard InChI is InChI=1S/C17H21ClN4O4S/c1-10(15(23)19-11-5-6-14(25-2)13(18)8-11)27-17-21-20-16(24)22(17)9-12-4-3-7-26-12/h5-6,8,10,12H,3-4,7,9H2,1-2H3,(H,19,23)(H,20,24)/t10-,12+/m0/s1. The number of amides is 1. The Kier molecular flexibility index (Phi) is 6.46. The average molecular weight is 413 g/mol. The third-order valence-electron chi connectivity index (χ3n) is 4.20. The largest absolute Gasteiger partial charge is 0.495 e. The van der Waals surface area contributed by atoms with Crippen molar-refractivity contribution in [1.29, 1.82) is 0 Å². The van der Waals surface area contributed by atoms with Gasteiger partial charge < -0.3 is 14.8 Å². The van der Waals surface area contributed by atoms with Crippen LogP contribution in [0.15, 0.2) is 28.2 Å². The van der Waals surface area contributed by atoms with Crippen LogP contribution in [0.3, 0.4) is 0 Å². The molecule has 0 saturated carbocycles. The van der Waals surface area contributed by atoms with Gasteiger partial charge in [0.15, 0.2) is 5.16 Å². The van der Waals surface area contributed by atoms with Gasteiger partial charge in [-0.05, 0) is 38.0 Å². The Morgan fingerprint density at radius 3 is 3.07 bits per heavy atom. The summed E-state index contributed by atoms with van der Waals surface area (Å²) in [5, 5.41) is 9.69. The maximum absolute atomic E-state index is 12.5. The normalized spacial score (nSPS) is 17.7. The summed E-state index contributed by atoms with van der Waals surface area (Å²) in [7, 11) is 1.53. The molecular formula is C17H21ClN4O4S. The van der Waals surface area contributed by atoms with Gasteiger partial charge in [-0.15, -0.1) is 5.10 Å².